The van der Waals surface area contributed by atoms with Gasteiger partial charge in [-0.2, -0.15) is 0 Å². The van der Waals surface area contributed by atoms with Gasteiger partial charge in [0, 0.05) is 27.6 Å². The van der Waals surface area contributed by atoms with Crippen LogP contribution in [0.1, 0.15) is 21.6 Å². The molecule has 1 heterocycles. The van der Waals surface area contributed by atoms with Crippen molar-refractivity contribution in [1.82, 2.24) is 9.97 Å². The Morgan fingerprint density at radius 2 is 1.85 bits per heavy atom. The molecule has 4 nitrogen and oxygen atoms in total. The fraction of sp³-hybridized carbons (Fsp3) is 0.0800. The third-order valence-corrected chi connectivity index (χ3v) is 6.77. The molecular formula is C25H19ClFN3OS2. The van der Waals surface area contributed by atoms with Crippen LogP contribution < -0.4 is 5.32 Å². The number of nitrogens with zero attached hydrogens (tertiary/aromatic N) is 2. The van der Waals surface area contributed by atoms with Crippen LogP contribution >= 0.6 is 35.1 Å². The molecule has 0 aliphatic carbocycles. The summed E-state index contributed by atoms with van der Waals surface area (Å²) in [6, 6.07) is 21.4. The largest absolute Gasteiger partial charge is 0.321 e. The van der Waals surface area contributed by atoms with Crippen LogP contribution in [0, 0.1) is 12.7 Å². The Kier molecular flexibility index (Phi) is 7.65. The predicted molar refractivity (Wildman–Crippen MR) is 133 cm³/mol. The lowest BCUT2D eigenvalue weighted by atomic mass is 10.2. The quantitative estimate of drug-likeness (QED) is 0.216. The first-order valence-electron chi connectivity index (χ1n) is 10.0. The fourth-order valence-electron chi connectivity index (χ4n) is 2.96. The molecule has 0 unspecified atom stereocenters. The number of carbonyl (C=O) groups excluding carboxylic acids is 1. The zero-order chi connectivity index (χ0) is 23.2. The van der Waals surface area contributed by atoms with Gasteiger partial charge in [-0.25, -0.2) is 14.4 Å². The van der Waals surface area contributed by atoms with Crippen LogP contribution in [0.2, 0.25) is 5.02 Å². The third kappa shape index (κ3) is 6.35. The summed E-state index contributed by atoms with van der Waals surface area (Å²) in [6.07, 6.45) is 1.63. The van der Waals surface area contributed by atoms with Crippen molar-refractivity contribution >= 4 is 46.7 Å². The smallest absolute Gasteiger partial charge is 0.275 e. The summed E-state index contributed by atoms with van der Waals surface area (Å²) in [6.45, 7) is 1.96. The molecule has 33 heavy (non-hydrogen) atoms. The van der Waals surface area contributed by atoms with E-state index in [0.717, 1.165) is 10.5 Å². The average Bonchev–Trinajstić information content (AvgIpc) is 2.80. The van der Waals surface area contributed by atoms with Crippen LogP contribution in [0.15, 0.2) is 93.9 Å². The molecule has 4 aromatic rings. The van der Waals surface area contributed by atoms with E-state index in [-0.39, 0.29) is 17.4 Å². The second-order valence-electron chi connectivity index (χ2n) is 7.13. The minimum Gasteiger partial charge on any atom is -0.321 e. The molecule has 0 aliphatic rings. The second-order valence-corrected chi connectivity index (χ2v) is 9.62. The van der Waals surface area contributed by atoms with Gasteiger partial charge in [0.1, 0.15) is 11.5 Å². The van der Waals surface area contributed by atoms with E-state index in [1.54, 1.807) is 36.5 Å². The van der Waals surface area contributed by atoms with Crippen LogP contribution in [0.5, 0.6) is 0 Å². The number of hydrogen-bond donors (Lipinski definition) is 1. The molecule has 1 amide bonds. The van der Waals surface area contributed by atoms with Crippen molar-refractivity contribution in [2.75, 3.05) is 5.32 Å². The molecule has 166 valence electrons. The minimum absolute atomic E-state index is 0.252. The number of aryl methyl sites for hydroxylation is 1. The Bertz CT molecular complexity index is 1280. The predicted octanol–water partition coefficient (Wildman–Crippen LogP) is 7.27. The molecule has 0 saturated heterocycles. The Morgan fingerprint density at radius 3 is 2.61 bits per heavy atom. The molecule has 0 fully saturated rings. The number of amides is 1. The second kappa shape index (κ2) is 10.8. The lowest BCUT2D eigenvalue weighted by molar-refractivity contribution is 0.101. The molecule has 0 saturated carbocycles. The maximum absolute atomic E-state index is 14.0. The van der Waals surface area contributed by atoms with E-state index in [4.69, 9.17) is 11.6 Å². The molecule has 1 N–H and O–H groups in total. The lowest BCUT2D eigenvalue weighted by Gasteiger charge is -2.11. The Balaban J connectivity index is 1.61. The Labute approximate surface area is 205 Å². The summed E-state index contributed by atoms with van der Waals surface area (Å²) in [5.74, 6) is -0.264. The summed E-state index contributed by atoms with van der Waals surface area (Å²) in [5, 5.41) is 3.94. The maximum Gasteiger partial charge on any atom is 0.275 e. The van der Waals surface area contributed by atoms with Crippen LogP contribution in [0.3, 0.4) is 0 Å². The first-order chi connectivity index (χ1) is 16.0. The number of thioether (sulfide) groups is 1. The molecular weight excluding hydrogens is 477 g/mol. The summed E-state index contributed by atoms with van der Waals surface area (Å²) in [7, 11) is 0. The highest BCUT2D eigenvalue weighted by Gasteiger charge is 2.18. The van der Waals surface area contributed by atoms with Gasteiger partial charge >= 0.3 is 0 Å². The third-order valence-electron chi connectivity index (χ3n) is 4.58. The maximum atomic E-state index is 14.0. The van der Waals surface area contributed by atoms with Crippen LogP contribution in [0.4, 0.5) is 10.1 Å². The number of nitrogens with one attached hydrogen (secondary N) is 1. The van der Waals surface area contributed by atoms with Gasteiger partial charge in [-0.05, 0) is 60.5 Å². The molecule has 3 aromatic carbocycles. The van der Waals surface area contributed by atoms with Crippen molar-refractivity contribution in [3.05, 3.63) is 107 Å². The Morgan fingerprint density at radius 1 is 1.06 bits per heavy atom. The van der Waals surface area contributed by atoms with Gasteiger partial charge in [-0.1, -0.05) is 65.5 Å². The van der Waals surface area contributed by atoms with E-state index in [1.165, 1.54) is 29.6 Å². The highest BCUT2D eigenvalue weighted by molar-refractivity contribution is 7.99. The molecule has 0 bridgehead atoms. The van der Waals surface area contributed by atoms with Crippen molar-refractivity contribution in [3.63, 3.8) is 0 Å². The number of rotatable bonds is 7. The van der Waals surface area contributed by atoms with E-state index < -0.39 is 0 Å². The first-order valence-corrected chi connectivity index (χ1v) is 12.2. The van der Waals surface area contributed by atoms with Crippen molar-refractivity contribution in [2.45, 2.75) is 27.6 Å². The standard InChI is InChI=1S/C25H19ClFN3OS2/c1-16-5-4-7-19(13-16)29-24(31)23-22(33-20-11-9-18(26)10-12-20)14-28-25(30-23)32-15-17-6-2-3-8-21(17)27/h2-14H,15H2,1H3,(H,29,31). The number of carbonyl (C=O) groups is 1. The molecule has 0 atom stereocenters. The average molecular weight is 496 g/mol. The van der Waals surface area contributed by atoms with E-state index in [2.05, 4.69) is 15.3 Å². The monoisotopic (exact) mass is 495 g/mol. The zero-order valence-electron chi connectivity index (χ0n) is 17.6. The zero-order valence-corrected chi connectivity index (χ0v) is 20.0. The van der Waals surface area contributed by atoms with Gasteiger partial charge in [0.05, 0.1) is 4.90 Å². The summed E-state index contributed by atoms with van der Waals surface area (Å²) in [4.78, 5) is 23.6. The molecule has 0 aliphatic heterocycles. The number of anilines is 1. The number of aromatic nitrogens is 2. The number of hydrogen-bond acceptors (Lipinski definition) is 5. The topological polar surface area (TPSA) is 54.9 Å². The van der Waals surface area contributed by atoms with Crippen molar-refractivity contribution in [3.8, 4) is 0 Å². The lowest BCUT2D eigenvalue weighted by Crippen LogP contribution is -2.16. The summed E-state index contributed by atoms with van der Waals surface area (Å²) < 4.78 is 14.0. The highest BCUT2D eigenvalue weighted by Crippen LogP contribution is 2.32. The van der Waals surface area contributed by atoms with Gasteiger partial charge in [0.2, 0.25) is 0 Å². The van der Waals surface area contributed by atoms with Crippen molar-refractivity contribution < 1.29 is 9.18 Å². The van der Waals surface area contributed by atoms with E-state index in [1.807, 2.05) is 43.3 Å². The van der Waals surface area contributed by atoms with Crippen LogP contribution in [-0.4, -0.2) is 15.9 Å². The molecule has 8 heteroatoms. The molecule has 1 aromatic heterocycles. The van der Waals surface area contributed by atoms with E-state index >= 15 is 0 Å². The number of benzene rings is 3. The first kappa shape index (κ1) is 23.3. The summed E-state index contributed by atoms with van der Waals surface area (Å²) in [5.41, 5.74) is 2.52. The van der Waals surface area contributed by atoms with Crippen molar-refractivity contribution in [1.29, 1.82) is 0 Å². The van der Waals surface area contributed by atoms with E-state index in [0.29, 0.717) is 32.1 Å². The van der Waals surface area contributed by atoms with Crippen LogP contribution in [-0.2, 0) is 5.75 Å². The normalized spacial score (nSPS) is 10.8. The van der Waals surface area contributed by atoms with Gasteiger partial charge in [0.15, 0.2) is 5.16 Å². The number of halogens is 2. The molecule has 0 spiro atoms. The van der Waals surface area contributed by atoms with Gasteiger partial charge in [-0.15, -0.1) is 0 Å². The minimum atomic E-state index is -0.341. The van der Waals surface area contributed by atoms with Crippen molar-refractivity contribution in [2.24, 2.45) is 0 Å². The van der Waals surface area contributed by atoms with Crippen LogP contribution in [0.25, 0.3) is 0 Å². The molecule has 4 rings (SSSR count). The highest BCUT2D eigenvalue weighted by atomic mass is 35.5. The van der Waals surface area contributed by atoms with Gasteiger partial charge < -0.3 is 5.32 Å². The fourth-order valence-corrected chi connectivity index (χ4v) is 4.76. The Hall–Kier alpha value is -2.87. The SMILES string of the molecule is Cc1cccc(NC(=O)c2nc(SCc3ccccc3F)ncc2Sc2ccc(Cl)cc2)c1. The van der Waals surface area contributed by atoms with Gasteiger partial charge in [-0.3, -0.25) is 4.79 Å². The van der Waals surface area contributed by atoms with E-state index in [9.17, 15) is 9.18 Å². The molecule has 0 radical (unpaired) electrons. The van der Waals surface area contributed by atoms with Gasteiger partial charge in [0.25, 0.3) is 5.91 Å². The summed E-state index contributed by atoms with van der Waals surface area (Å²) >= 11 is 8.64.